The van der Waals surface area contributed by atoms with Gasteiger partial charge in [0.25, 0.3) is 0 Å². The van der Waals surface area contributed by atoms with Crippen molar-refractivity contribution in [3.63, 3.8) is 0 Å². The molecule has 34 heavy (non-hydrogen) atoms. The van der Waals surface area contributed by atoms with Crippen LogP contribution in [0.15, 0.2) is 83.8 Å². The standard InChI is InChI=1S/C25H25N3O5S/c29-24(27-23-9-5-4-8-22(23)25(30)19-6-2-1-3-7-19)18-26-20-10-12-21(13-11-20)34(31,32)28-14-16-33-17-15-28/h1-13,26H,14-18H2,(H,27,29). The third-order valence-corrected chi connectivity index (χ3v) is 7.31. The lowest BCUT2D eigenvalue weighted by atomic mass is 10.0. The van der Waals surface area contributed by atoms with Crippen molar-refractivity contribution in [2.45, 2.75) is 4.90 Å². The van der Waals surface area contributed by atoms with E-state index < -0.39 is 10.0 Å². The van der Waals surface area contributed by atoms with Gasteiger partial charge in [-0.25, -0.2) is 8.42 Å². The van der Waals surface area contributed by atoms with Crippen molar-refractivity contribution >= 4 is 33.1 Å². The highest BCUT2D eigenvalue weighted by molar-refractivity contribution is 7.89. The summed E-state index contributed by atoms with van der Waals surface area (Å²) in [6.07, 6.45) is 0. The van der Waals surface area contributed by atoms with Gasteiger partial charge >= 0.3 is 0 Å². The Morgan fingerprint density at radius 3 is 2.21 bits per heavy atom. The van der Waals surface area contributed by atoms with Gasteiger partial charge in [0.1, 0.15) is 0 Å². The molecule has 0 bridgehead atoms. The lowest BCUT2D eigenvalue weighted by Crippen LogP contribution is -2.40. The van der Waals surface area contributed by atoms with E-state index in [1.54, 1.807) is 60.7 Å². The minimum atomic E-state index is -3.57. The van der Waals surface area contributed by atoms with E-state index in [2.05, 4.69) is 10.6 Å². The second-order valence-corrected chi connectivity index (χ2v) is 9.62. The predicted octanol–water partition coefficient (Wildman–Crippen LogP) is 2.99. The van der Waals surface area contributed by atoms with Crippen LogP contribution in [0.4, 0.5) is 11.4 Å². The molecule has 1 aliphatic rings. The Morgan fingerprint density at radius 1 is 0.853 bits per heavy atom. The lowest BCUT2D eigenvalue weighted by molar-refractivity contribution is -0.114. The van der Waals surface area contributed by atoms with Gasteiger partial charge in [0.2, 0.25) is 15.9 Å². The molecule has 1 heterocycles. The first kappa shape index (κ1) is 23.6. The van der Waals surface area contributed by atoms with Crippen LogP contribution in [0.5, 0.6) is 0 Å². The second-order valence-electron chi connectivity index (χ2n) is 7.68. The number of para-hydroxylation sites is 1. The summed E-state index contributed by atoms with van der Waals surface area (Å²) in [5.74, 6) is -0.514. The Balaban J connectivity index is 1.37. The smallest absolute Gasteiger partial charge is 0.243 e. The molecule has 8 nitrogen and oxygen atoms in total. The van der Waals surface area contributed by atoms with E-state index in [9.17, 15) is 18.0 Å². The topological polar surface area (TPSA) is 105 Å². The summed E-state index contributed by atoms with van der Waals surface area (Å²) in [5, 5.41) is 5.75. The molecular formula is C25H25N3O5S. The van der Waals surface area contributed by atoms with Crippen LogP contribution in [-0.2, 0) is 19.6 Å². The van der Waals surface area contributed by atoms with Crippen LogP contribution in [0.1, 0.15) is 15.9 Å². The zero-order valence-corrected chi connectivity index (χ0v) is 19.3. The zero-order chi connectivity index (χ0) is 24.0. The molecule has 0 spiro atoms. The normalized spacial score (nSPS) is 14.4. The highest BCUT2D eigenvalue weighted by Crippen LogP contribution is 2.21. The summed E-state index contributed by atoms with van der Waals surface area (Å²) >= 11 is 0. The molecule has 3 aromatic carbocycles. The van der Waals surface area contributed by atoms with Gasteiger partial charge in [-0.05, 0) is 36.4 Å². The van der Waals surface area contributed by atoms with Gasteiger partial charge in [-0.15, -0.1) is 0 Å². The minimum absolute atomic E-state index is 0.0522. The van der Waals surface area contributed by atoms with Gasteiger partial charge < -0.3 is 15.4 Å². The van der Waals surface area contributed by atoms with Crippen molar-refractivity contribution in [2.24, 2.45) is 0 Å². The number of ether oxygens (including phenoxy) is 1. The average molecular weight is 480 g/mol. The maximum absolute atomic E-state index is 12.8. The van der Waals surface area contributed by atoms with Crippen LogP contribution >= 0.6 is 0 Å². The van der Waals surface area contributed by atoms with E-state index in [-0.39, 0.29) is 23.1 Å². The first-order chi connectivity index (χ1) is 16.4. The molecule has 0 radical (unpaired) electrons. The molecule has 0 aliphatic carbocycles. The number of hydrogen-bond donors (Lipinski definition) is 2. The molecule has 1 aliphatic heterocycles. The number of sulfonamides is 1. The van der Waals surface area contributed by atoms with Gasteiger partial charge in [0, 0.05) is 29.9 Å². The van der Waals surface area contributed by atoms with Crippen molar-refractivity contribution in [3.05, 3.63) is 90.0 Å². The lowest BCUT2D eigenvalue weighted by Gasteiger charge is -2.26. The summed E-state index contributed by atoms with van der Waals surface area (Å²) in [7, 11) is -3.57. The van der Waals surface area contributed by atoms with Crippen molar-refractivity contribution in [3.8, 4) is 0 Å². The zero-order valence-electron chi connectivity index (χ0n) is 18.4. The maximum Gasteiger partial charge on any atom is 0.243 e. The first-order valence-electron chi connectivity index (χ1n) is 10.9. The molecule has 2 N–H and O–H groups in total. The van der Waals surface area contributed by atoms with Crippen molar-refractivity contribution in [1.29, 1.82) is 0 Å². The third kappa shape index (κ3) is 5.51. The van der Waals surface area contributed by atoms with Crippen LogP contribution in [0.25, 0.3) is 0 Å². The quantitative estimate of drug-likeness (QED) is 0.482. The molecule has 1 saturated heterocycles. The van der Waals surface area contributed by atoms with E-state index >= 15 is 0 Å². The van der Waals surface area contributed by atoms with Gasteiger partial charge in [-0.3, -0.25) is 9.59 Å². The molecule has 0 aromatic heterocycles. The fourth-order valence-corrected chi connectivity index (χ4v) is 5.00. The predicted molar refractivity (Wildman–Crippen MR) is 129 cm³/mol. The van der Waals surface area contributed by atoms with Crippen molar-refractivity contribution in [1.82, 2.24) is 4.31 Å². The van der Waals surface area contributed by atoms with Gasteiger partial charge in [-0.1, -0.05) is 42.5 Å². The monoisotopic (exact) mass is 479 g/mol. The highest BCUT2D eigenvalue weighted by atomic mass is 32.2. The molecule has 0 unspecified atom stereocenters. The summed E-state index contributed by atoms with van der Waals surface area (Å²) in [6, 6.07) is 22.0. The van der Waals surface area contributed by atoms with E-state index in [1.807, 2.05) is 6.07 Å². The van der Waals surface area contributed by atoms with Crippen LogP contribution < -0.4 is 10.6 Å². The summed E-state index contributed by atoms with van der Waals surface area (Å²) in [5.41, 5.74) is 1.97. The van der Waals surface area contributed by atoms with Gasteiger partial charge in [0.15, 0.2) is 5.78 Å². The number of ketones is 1. The largest absolute Gasteiger partial charge is 0.379 e. The minimum Gasteiger partial charge on any atom is -0.379 e. The number of carbonyl (C=O) groups excluding carboxylic acids is 2. The van der Waals surface area contributed by atoms with Crippen LogP contribution in [0.3, 0.4) is 0 Å². The number of carbonyl (C=O) groups is 2. The van der Waals surface area contributed by atoms with E-state index in [4.69, 9.17) is 4.74 Å². The summed E-state index contributed by atoms with van der Waals surface area (Å²) < 4.78 is 32.1. The Morgan fingerprint density at radius 2 is 1.50 bits per heavy atom. The third-order valence-electron chi connectivity index (χ3n) is 5.40. The Hall–Kier alpha value is -3.53. The summed E-state index contributed by atoms with van der Waals surface area (Å²) in [6.45, 7) is 1.37. The van der Waals surface area contributed by atoms with Gasteiger partial charge in [0.05, 0.1) is 30.3 Å². The number of anilines is 2. The molecule has 0 atom stereocenters. The van der Waals surface area contributed by atoms with E-state index in [0.717, 1.165) is 0 Å². The highest BCUT2D eigenvalue weighted by Gasteiger charge is 2.26. The van der Waals surface area contributed by atoms with Gasteiger partial charge in [-0.2, -0.15) is 4.31 Å². The fraction of sp³-hybridized carbons (Fsp3) is 0.200. The van der Waals surface area contributed by atoms with Crippen LogP contribution in [0, 0.1) is 0 Å². The average Bonchev–Trinajstić information content (AvgIpc) is 2.89. The number of benzene rings is 3. The maximum atomic E-state index is 12.8. The summed E-state index contributed by atoms with van der Waals surface area (Å²) in [4.78, 5) is 25.6. The van der Waals surface area contributed by atoms with Crippen molar-refractivity contribution in [2.75, 3.05) is 43.5 Å². The first-order valence-corrected chi connectivity index (χ1v) is 12.3. The molecule has 4 rings (SSSR count). The molecule has 1 fully saturated rings. The van der Waals surface area contributed by atoms with E-state index in [0.29, 0.717) is 48.8 Å². The SMILES string of the molecule is O=C(CNc1ccc(S(=O)(=O)N2CCOCC2)cc1)Nc1ccccc1C(=O)c1ccccc1. The molecule has 9 heteroatoms. The molecular weight excluding hydrogens is 454 g/mol. The molecule has 1 amide bonds. The second kappa shape index (κ2) is 10.6. The van der Waals surface area contributed by atoms with E-state index in [1.165, 1.54) is 16.4 Å². The number of morpholine rings is 1. The molecule has 0 saturated carbocycles. The van der Waals surface area contributed by atoms with Crippen molar-refractivity contribution < 1.29 is 22.7 Å². The number of rotatable bonds is 8. The Bertz CT molecular complexity index is 1260. The Kier molecular flexibility index (Phi) is 7.36. The number of amides is 1. The number of nitrogens with one attached hydrogen (secondary N) is 2. The molecule has 3 aromatic rings. The van der Waals surface area contributed by atoms with Crippen LogP contribution in [-0.4, -0.2) is 57.3 Å². The number of nitrogens with zero attached hydrogens (tertiary/aromatic N) is 1. The Labute approximate surface area is 198 Å². The number of hydrogen-bond acceptors (Lipinski definition) is 6. The fourth-order valence-electron chi connectivity index (χ4n) is 3.59. The molecule has 176 valence electrons. The van der Waals surface area contributed by atoms with Crippen LogP contribution in [0.2, 0.25) is 0 Å².